The Bertz CT molecular complexity index is 761. The predicted octanol–water partition coefficient (Wildman–Crippen LogP) is 2.70. The number of nitrogens with zero attached hydrogens (tertiary/aromatic N) is 2. The summed E-state index contributed by atoms with van der Waals surface area (Å²) < 4.78 is 0. The molecule has 0 radical (unpaired) electrons. The second-order valence-corrected chi connectivity index (χ2v) is 6.92. The summed E-state index contributed by atoms with van der Waals surface area (Å²) in [4.78, 5) is 14.2. The average molecular weight is 423 g/mol. The van der Waals surface area contributed by atoms with Gasteiger partial charge in [-0.1, -0.05) is 24.3 Å². The molecule has 0 unspecified atom stereocenters. The molecular weight excluding hydrogens is 399 g/mol. The van der Waals surface area contributed by atoms with Gasteiger partial charge in [-0.15, -0.1) is 23.2 Å². The van der Waals surface area contributed by atoms with Crippen LogP contribution >= 0.6 is 23.2 Å². The number of aromatic hydroxyl groups is 1. The molecule has 1 atom stereocenters. The quantitative estimate of drug-likeness (QED) is 0.311. The van der Waals surface area contributed by atoms with Gasteiger partial charge in [0.15, 0.2) is 0 Å². The van der Waals surface area contributed by atoms with Crippen LogP contribution in [0, 0.1) is 0 Å². The summed E-state index contributed by atoms with van der Waals surface area (Å²) in [5.74, 6) is 0.842. The van der Waals surface area contributed by atoms with Crippen molar-refractivity contribution >= 4 is 41.0 Å². The summed E-state index contributed by atoms with van der Waals surface area (Å²) >= 11 is 11.7. The Labute approximate surface area is 174 Å². The van der Waals surface area contributed by atoms with Crippen LogP contribution < -0.4 is 16.1 Å². The van der Waals surface area contributed by atoms with Crippen LogP contribution in [-0.4, -0.2) is 48.1 Å². The van der Waals surface area contributed by atoms with E-state index in [1.165, 1.54) is 0 Å². The van der Waals surface area contributed by atoms with Crippen LogP contribution in [-0.2, 0) is 11.2 Å². The molecule has 8 heteroatoms. The number of halogens is 2. The van der Waals surface area contributed by atoms with Gasteiger partial charge < -0.3 is 15.7 Å². The lowest BCUT2D eigenvalue weighted by Gasteiger charge is -2.22. The first kappa shape index (κ1) is 22.0. The molecule has 0 spiro atoms. The van der Waals surface area contributed by atoms with Gasteiger partial charge in [0.25, 0.3) is 5.91 Å². The fourth-order valence-electron chi connectivity index (χ4n) is 2.58. The molecule has 1 amide bonds. The maximum absolute atomic E-state index is 12.1. The van der Waals surface area contributed by atoms with Gasteiger partial charge in [0.05, 0.1) is 12.3 Å². The minimum absolute atomic E-state index is 0.172. The van der Waals surface area contributed by atoms with Crippen molar-refractivity contribution in [1.82, 2.24) is 5.43 Å². The first-order valence-electron chi connectivity index (χ1n) is 8.87. The highest BCUT2D eigenvalue weighted by Gasteiger charge is 2.13. The summed E-state index contributed by atoms with van der Waals surface area (Å²) in [6.07, 6.45) is 1.91. The molecule has 2 rings (SSSR count). The summed E-state index contributed by atoms with van der Waals surface area (Å²) in [6, 6.07) is 13.6. The fourth-order valence-corrected chi connectivity index (χ4v) is 2.99. The number of phenols is 1. The van der Waals surface area contributed by atoms with Crippen molar-refractivity contribution in [3.05, 3.63) is 59.7 Å². The zero-order valence-corrected chi connectivity index (χ0v) is 16.9. The Morgan fingerprint density at radius 2 is 1.71 bits per heavy atom. The van der Waals surface area contributed by atoms with Gasteiger partial charge in [-0.25, -0.2) is 5.43 Å². The lowest BCUT2D eigenvalue weighted by molar-refractivity contribution is -0.122. The number of phenolic OH excluding ortho intramolecular Hbond substituents is 1. The zero-order chi connectivity index (χ0) is 20.4. The third kappa shape index (κ3) is 7.03. The Hall–Kier alpha value is -2.28. The smallest absolute Gasteiger partial charge is 0.257 e. The maximum Gasteiger partial charge on any atom is 0.257 e. The van der Waals surface area contributed by atoms with Crippen molar-refractivity contribution in [2.24, 2.45) is 10.8 Å². The molecule has 28 heavy (non-hydrogen) atoms. The van der Waals surface area contributed by atoms with Crippen LogP contribution in [0.25, 0.3) is 0 Å². The molecule has 0 bridgehead atoms. The van der Waals surface area contributed by atoms with Crippen LogP contribution in [0.15, 0.2) is 53.6 Å². The van der Waals surface area contributed by atoms with E-state index in [-0.39, 0.29) is 11.7 Å². The van der Waals surface area contributed by atoms with Gasteiger partial charge in [-0.2, -0.15) is 5.10 Å². The standard InChI is InChI=1S/C20H24Cl2N4O2/c21-9-11-26(12-10-22)17-5-1-16(2-6-17)14-24-25-20(28)19(23)13-15-3-7-18(27)8-4-15/h1-8,14,19,27H,9-13,23H2,(H,25,28)/b24-14-/t19-/m0/s1. The third-order valence-corrected chi connectivity index (χ3v) is 4.42. The molecular formula is C20H24Cl2N4O2. The molecule has 0 aliphatic heterocycles. The summed E-state index contributed by atoms with van der Waals surface area (Å²) in [5, 5.41) is 13.2. The predicted molar refractivity (Wildman–Crippen MR) is 116 cm³/mol. The number of hydrazone groups is 1. The SMILES string of the molecule is N[C@@H](Cc1ccc(O)cc1)C(=O)N/N=C\c1ccc(N(CCCl)CCCl)cc1. The molecule has 0 saturated heterocycles. The highest BCUT2D eigenvalue weighted by atomic mass is 35.5. The van der Waals surface area contributed by atoms with Gasteiger partial charge in [-0.3, -0.25) is 4.79 Å². The Morgan fingerprint density at radius 3 is 2.29 bits per heavy atom. The van der Waals surface area contributed by atoms with Crippen LogP contribution in [0.4, 0.5) is 5.69 Å². The topological polar surface area (TPSA) is 90.9 Å². The van der Waals surface area contributed by atoms with Crippen LogP contribution in [0.2, 0.25) is 0 Å². The first-order chi connectivity index (χ1) is 13.5. The molecule has 0 heterocycles. The first-order valence-corrected chi connectivity index (χ1v) is 9.93. The van der Waals surface area contributed by atoms with Gasteiger partial charge in [0.2, 0.25) is 0 Å². The fraction of sp³-hybridized carbons (Fsp3) is 0.300. The van der Waals surface area contributed by atoms with E-state index in [0.29, 0.717) is 18.2 Å². The molecule has 4 N–H and O–H groups in total. The number of hydrogen-bond donors (Lipinski definition) is 3. The maximum atomic E-state index is 12.1. The summed E-state index contributed by atoms with van der Waals surface area (Å²) in [5.41, 5.74) is 11.1. The van der Waals surface area contributed by atoms with E-state index in [0.717, 1.165) is 29.9 Å². The van der Waals surface area contributed by atoms with Gasteiger partial charge in [-0.05, 0) is 41.8 Å². The van der Waals surface area contributed by atoms with E-state index in [1.807, 2.05) is 24.3 Å². The van der Waals surface area contributed by atoms with Crippen molar-refractivity contribution in [1.29, 1.82) is 0 Å². The van der Waals surface area contributed by atoms with Crippen molar-refractivity contribution in [3.8, 4) is 5.75 Å². The number of amides is 1. The molecule has 6 nitrogen and oxygen atoms in total. The Balaban J connectivity index is 1.87. The van der Waals surface area contributed by atoms with Crippen molar-refractivity contribution < 1.29 is 9.90 Å². The molecule has 150 valence electrons. The number of benzene rings is 2. The summed E-state index contributed by atoms with van der Waals surface area (Å²) in [6.45, 7) is 1.44. The molecule has 0 aromatic heterocycles. The second kappa shape index (κ2) is 11.5. The molecule has 0 aliphatic carbocycles. The number of rotatable bonds is 10. The number of hydrogen-bond acceptors (Lipinski definition) is 5. The molecule has 2 aromatic carbocycles. The molecule has 0 fully saturated rings. The normalized spacial score (nSPS) is 12.1. The third-order valence-electron chi connectivity index (χ3n) is 4.08. The van der Waals surface area contributed by atoms with E-state index in [2.05, 4.69) is 15.4 Å². The van der Waals surface area contributed by atoms with Gasteiger partial charge in [0, 0.05) is 30.5 Å². The van der Waals surface area contributed by atoms with E-state index < -0.39 is 6.04 Å². The van der Waals surface area contributed by atoms with E-state index in [9.17, 15) is 9.90 Å². The Kier molecular flexibility index (Phi) is 9.07. The zero-order valence-electron chi connectivity index (χ0n) is 15.4. The second-order valence-electron chi connectivity index (χ2n) is 6.17. The highest BCUT2D eigenvalue weighted by molar-refractivity contribution is 6.18. The number of carbonyl (C=O) groups excluding carboxylic acids is 1. The summed E-state index contributed by atoms with van der Waals surface area (Å²) in [7, 11) is 0. The van der Waals surface area contributed by atoms with E-state index in [4.69, 9.17) is 28.9 Å². The van der Waals surface area contributed by atoms with Gasteiger partial charge >= 0.3 is 0 Å². The van der Waals surface area contributed by atoms with E-state index in [1.54, 1.807) is 30.5 Å². The molecule has 0 saturated carbocycles. The largest absolute Gasteiger partial charge is 0.508 e. The number of nitrogens with one attached hydrogen (secondary N) is 1. The lowest BCUT2D eigenvalue weighted by Crippen LogP contribution is -2.39. The van der Waals surface area contributed by atoms with Gasteiger partial charge in [0.1, 0.15) is 5.75 Å². The minimum Gasteiger partial charge on any atom is -0.508 e. The van der Waals surface area contributed by atoms with Crippen LogP contribution in [0.1, 0.15) is 11.1 Å². The Morgan fingerprint density at radius 1 is 1.11 bits per heavy atom. The highest BCUT2D eigenvalue weighted by Crippen LogP contribution is 2.15. The van der Waals surface area contributed by atoms with Crippen molar-refractivity contribution in [3.63, 3.8) is 0 Å². The van der Waals surface area contributed by atoms with Crippen molar-refractivity contribution in [2.75, 3.05) is 29.7 Å². The number of nitrogens with two attached hydrogens (primary N) is 1. The number of alkyl halides is 2. The lowest BCUT2D eigenvalue weighted by atomic mass is 10.1. The number of anilines is 1. The van der Waals surface area contributed by atoms with E-state index >= 15 is 0 Å². The average Bonchev–Trinajstić information content (AvgIpc) is 2.70. The van der Waals surface area contributed by atoms with Crippen LogP contribution in [0.3, 0.4) is 0 Å². The van der Waals surface area contributed by atoms with Crippen molar-refractivity contribution in [2.45, 2.75) is 12.5 Å². The molecule has 0 aliphatic rings. The number of carbonyl (C=O) groups is 1. The van der Waals surface area contributed by atoms with Crippen LogP contribution in [0.5, 0.6) is 5.75 Å². The monoisotopic (exact) mass is 422 g/mol. The molecule has 2 aromatic rings. The minimum atomic E-state index is -0.733.